The van der Waals surface area contributed by atoms with E-state index in [1.165, 1.54) is 48.9 Å². The smallest absolute Gasteiger partial charge is 0.326 e. The van der Waals surface area contributed by atoms with Gasteiger partial charge in [0, 0.05) is 24.7 Å². The number of carbonyl (C=O) groups excluding carboxylic acids is 3. The summed E-state index contributed by atoms with van der Waals surface area (Å²) in [6, 6.07) is 5.98. The SMILES string of the molecule is NC(Cc1ccc(O)cc1)C(=O)NC(CC(=O)O)C(=O)NC(Cc1ccc(O)cc1)C(=O)NC(Cc1cnc[nH]1)C(=O)O. The van der Waals surface area contributed by atoms with Gasteiger partial charge in [0.15, 0.2) is 0 Å². The zero-order valence-corrected chi connectivity index (χ0v) is 22.8. The van der Waals surface area contributed by atoms with Crippen LogP contribution in [0.1, 0.15) is 23.2 Å². The molecule has 15 heteroatoms. The molecule has 0 radical (unpaired) electrons. The molecule has 43 heavy (non-hydrogen) atoms. The number of aromatic nitrogens is 2. The van der Waals surface area contributed by atoms with Gasteiger partial charge in [0.2, 0.25) is 17.7 Å². The Morgan fingerprint density at radius 1 is 0.721 bits per heavy atom. The number of hydrogen-bond donors (Lipinski definition) is 9. The molecule has 0 saturated carbocycles. The number of nitrogens with two attached hydrogens (primary N) is 1. The topological polar surface area (TPSA) is 257 Å². The molecule has 0 saturated heterocycles. The van der Waals surface area contributed by atoms with Crippen molar-refractivity contribution in [3.05, 3.63) is 77.9 Å². The zero-order chi connectivity index (χ0) is 31.5. The van der Waals surface area contributed by atoms with Gasteiger partial charge in [-0.1, -0.05) is 24.3 Å². The second-order valence-corrected chi connectivity index (χ2v) is 9.75. The molecule has 3 rings (SSSR count). The van der Waals surface area contributed by atoms with Crippen molar-refractivity contribution in [1.29, 1.82) is 0 Å². The number of aromatic amines is 1. The number of phenolic OH excluding ortho intramolecular Hbond substituents is 2. The lowest BCUT2D eigenvalue weighted by molar-refractivity contribution is -0.143. The highest BCUT2D eigenvalue weighted by atomic mass is 16.4. The highest BCUT2D eigenvalue weighted by Gasteiger charge is 2.32. The zero-order valence-electron chi connectivity index (χ0n) is 22.8. The average molecular weight is 597 g/mol. The van der Waals surface area contributed by atoms with Crippen LogP contribution in [0, 0.1) is 0 Å². The van der Waals surface area contributed by atoms with Crippen LogP contribution in [0.25, 0.3) is 0 Å². The fourth-order valence-corrected chi connectivity index (χ4v) is 4.08. The fraction of sp³-hybridized carbons (Fsp3) is 0.286. The third kappa shape index (κ3) is 10.2. The molecule has 0 bridgehead atoms. The van der Waals surface area contributed by atoms with Crippen molar-refractivity contribution in [3.63, 3.8) is 0 Å². The van der Waals surface area contributed by atoms with E-state index < -0.39 is 60.2 Å². The highest BCUT2D eigenvalue weighted by Crippen LogP contribution is 2.13. The summed E-state index contributed by atoms with van der Waals surface area (Å²) in [5, 5.41) is 45.2. The highest BCUT2D eigenvalue weighted by molar-refractivity contribution is 5.95. The van der Waals surface area contributed by atoms with Gasteiger partial charge < -0.3 is 47.1 Å². The number of aliphatic carboxylic acids is 2. The van der Waals surface area contributed by atoms with Gasteiger partial charge in [-0.05, 0) is 41.8 Å². The summed E-state index contributed by atoms with van der Waals surface area (Å²) < 4.78 is 0. The van der Waals surface area contributed by atoms with Crippen LogP contribution in [0.5, 0.6) is 11.5 Å². The quantitative estimate of drug-likeness (QED) is 0.105. The van der Waals surface area contributed by atoms with E-state index in [0.29, 0.717) is 16.8 Å². The Balaban J connectivity index is 1.77. The maximum Gasteiger partial charge on any atom is 0.326 e. The number of rotatable bonds is 15. The van der Waals surface area contributed by atoms with Crippen LogP contribution < -0.4 is 21.7 Å². The summed E-state index contributed by atoms with van der Waals surface area (Å²) in [5.74, 6) is -5.55. The van der Waals surface area contributed by atoms with E-state index >= 15 is 0 Å². The fourth-order valence-electron chi connectivity index (χ4n) is 4.08. The molecule has 0 aliphatic heterocycles. The van der Waals surface area contributed by atoms with Gasteiger partial charge in [0.25, 0.3) is 0 Å². The summed E-state index contributed by atoms with van der Waals surface area (Å²) in [6.45, 7) is 0. The van der Waals surface area contributed by atoms with E-state index in [2.05, 4.69) is 25.9 Å². The van der Waals surface area contributed by atoms with Crippen LogP contribution in [-0.4, -0.2) is 84.2 Å². The molecule has 228 valence electrons. The van der Waals surface area contributed by atoms with E-state index in [-0.39, 0.29) is 30.8 Å². The molecule has 0 aliphatic carbocycles. The number of carboxylic acids is 2. The number of hydrogen-bond acceptors (Lipinski definition) is 9. The standard InChI is InChI=1S/C28H32N6O9/c29-20(9-15-1-5-18(35)6-2-15)25(39)32-22(12-24(37)38)27(41)33-21(10-16-3-7-19(36)8-4-16)26(40)34-23(28(42)43)11-17-13-30-14-31-17/h1-8,13-14,20-23,35-36H,9-12,29H2,(H,30,31)(H,32,39)(H,33,41)(H,34,40)(H,37,38)(H,42,43). The Morgan fingerprint density at radius 2 is 1.23 bits per heavy atom. The first-order valence-electron chi connectivity index (χ1n) is 13.1. The van der Waals surface area contributed by atoms with Gasteiger partial charge >= 0.3 is 11.9 Å². The molecule has 1 aromatic heterocycles. The molecule has 0 spiro atoms. The third-order valence-electron chi connectivity index (χ3n) is 6.34. The van der Waals surface area contributed by atoms with Crippen molar-refractivity contribution in [3.8, 4) is 11.5 Å². The second kappa shape index (κ2) is 15.0. The van der Waals surface area contributed by atoms with Crippen LogP contribution in [0.4, 0.5) is 0 Å². The number of H-pyrrole nitrogens is 1. The number of nitrogens with one attached hydrogen (secondary N) is 4. The number of imidazole rings is 1. The number of carboxylic acid groups (broad SMARTS) is 2. The lowest BCUT2D eigenvalue weighted by Crippen LogP contribution is -2.58. The molecule has 0 fully saturated rings. The van der Waals surface area contributed by atoms with Gasteiger partial charge in [-0.25, -0.2) is 9.78 Å². The Bertz CT molecular complexity index is 1410. The van der Waals surface area contributed by atoms with Crippen LogP contribution in [0.3, 0.4) is 0 Å². The second-order valence-electron chi connectivity index (χ2n) is 9.75. The van der Waals surface area contributed by atoms with Crippen molar-refractivity contribution >= 4 is 29.7 Å². The summed E-state index contributed by atoms with van der Waals surface area (Å²) >= 11 is 0. The predicted octanol–water partition coefficient (Wildman–Crippen LogP) is -0.810. The van der Waals surface area contributed by atoms with Crippen molar-refractivity contribution in [2.24, 2.45) is 5.73 Å². The van der Waals surface area contributed by atoms with Gasteiger partial charge in [0.1, 0.15) is 29.6 Å². The summed E-state index contributed by atoms with van der Waals surface area (Å²) in [7, 11) is 0. The van der Waals surface area contributed by atoms with Crippen LogP contribution in [0.2, 0.25) is 0 Å². The molecule has 2 aromatic carbocycles. The molecule has 4 unspecified atom stereocenters. The molecule has 4 atom stereocenters. The molecule has 1 heterocycles. The Morgan fingerprint density at radius 3 is 1.74 bits per heavy atom. The maximum absolute atomic E-state index is 13.3. The molecular formula is C28H32N6O9. The molecule has 3 amide bonds. The minimum absolute atomic E-state index is 0.0156. The van der Waals surface area contributed by atoms with Crippen molar-refractivity contribution in [1.82, 2.24) is 25.9 Å². The monoisotopic (exact) mass is 596 g/mol. The molecule has 10 N–H and O–H groups in total. The first-order valence-corrected chi connectivity index (χ1v) is 13.1. The van der Waals surface area contributed by atoms with E-state index in [9.17, 15) is 44.4 Å². The van der Waals surface area contributed by atoms with Crippen LogP contribution in [0.15, 0.2) is 61.1 Å². The summed E-state index contributed by atoms with van der Waals surface area (Å²) in [5.41, 5.74) is 7.48. The van der Waals surface area contributed by atoms with Gasteiger partial charge in [-0.3, -0.25) is 19.2 Å². The largest absolute Gasteiger partial charge is 0.508 e. The van der Waals surface area contributed by atoms with Gasteiger partial charge in [-0.15, -0.1) is 0 Å². The minimum atomic E-state index is -1.63. The number of amides is 3. The Kier molecular flexibility index (Phi) is 11.2. The van der Waals surface area contributed by atoms with Crippen LogP contribution >= 0.6 is 0 Å². The number of aromatic hydroxyl groups is 2. The lowest BCUT2D eigenvalue weighted by atomic mass is 10.0. The normalized spacial score (nSPS) is 13.6. The minimum Gasteiger partial charge on any atom is -0.508 e. The average Bonchev–Trinajstić information content (AvgIpc) is 3.47. The van der Waals surface area contributed by atoms with Gasteiger partial charge in [0.05, 0.1) is 18.8 Å². The first kappa shape index (κ1) is 32.1. The van der Waals surface area contributed by atoms with Crippen molar-refractivity contribution in [2.45, 2.75) is 49.9 Å². The third-order valence-corrected chi connectivity index (χ3v) is 6.34. The predicted molar refractivity (Wildman–Crippen MR) is 150 cm³/mol. The molecule has 3 aromatic rings. The number of carbonyl (C=O) groups is 5. The van der Waals surface area contributed by atoms with E-state index in [1.807, 2.05) is 0 Å². The van der Waals surface area contributed by atoms with E-state index in [0.717, 1.165) is 0 Å². The van der Waals surface area contributed by atoms with E-state index in [1.54, 1.807) is 12.1 Å². The van der Waals surface area contributed by atoms with Crippen molar-refractivity contribution < 1.29 is 44.4 Å². The van der Waals surface area contributed by atoms with Gasteiger partial charge in [-0.2, -0.15) is 0 Å². The first-order chi connectivity index (χ1) is 20.4. The molecular weight excluding hydrogens is 564 g/mol. The van der Waals surface area contributed by atoms with Crippen LogP contribution in [-0.2, 0) is 43.2 Å². The molecule has 15 nitrogen and oxygen atoms in total. The Hall–Kier alpha value is -5.44. The number of phenols is 2. The number of benzene rings is 2. The van der Waals surface area contributed by atoms with E-state index in [4.69, 9.17) is 5.73 Å². The summed E-state index contributed by atoms with van der Waals surface area (Å²) in [6.07, 6.45) is 1.61. The maximum atomic E-state index is 13.3. The Labute approximate surface area is 245 Å². The lowest BCUT2D eigenvalue weighted by Gasteiger charge is -2.25. The summed E-state index contributed by atoms with van der Waals surface area (Å²) in [4.78, 5) is 69.3. The van der Waals surface area contributed by atoms with Crippen molar-refractivity contribution in [2.75, 3.05) is 0 Å². The number of nitrogens with zero attached hydrogens (tertiary/aromatic N) is 1. The molecule has 0 aliphatic rings.